The minimum Gasteiger partial charge on any atom is -0.334 e. The van der Waals surface area contributed by atoms with E-state index >= 15 is 0 Å². The van der Waals surface area contributed by atoms with Crippen LogP contribution in [0.5, 0.6) is 0 Å². The zero-order chi connectivity index (χ0) is 12.8. The maximum absolute atomic E-state index is 5.19. The van der Waals surface area contributed by atoms with E-state index in [2.05, 4.69) is 26.8 Å². The Kier molecular flexibility index (Phi) is 3.76. The lowest BCUT2D eigenvalue weighted by molar-refractivity contribution is 0.409. The number of pyridine rings is 1. The summed E-state index contributed by atoms with van der Waals surface area (Å²) < 4.78 is 5.19. The zero-order valence-corrected chi connectivity index (χ0v) is 9.95. The number of aromatic nitrogens is 3. The van der Waals surface area contributed by atoms with Gasteiger partial charge in [0.2, 0.25) is 5.82 Å². The molecule has 0 aliphatic carbocycles. The fraction of sp³-hybridized carbons (Fsp3) is 0.0769. The quantitative estimate of drug-likeness (QED) is 0.609. The number of aliphatic imine (C=N–C) groups is 1. The van der Waals surface area contributed by atoms with Crippen LogP contribution in [0.3, 0.4) is 0 Å². The Morgan fingerprint density at radius 1 is 1.50 bits per heavy atom. The summed E-state index contributed by atoms with van der Waals surface area (Å²) in [7, 11) is 0. The van der Waals surface area contributed by atoms with Crippen LogP contribution in [0.1, 0.15) is 12.8 Å². The van der Waals surface area contributed by atoms with Crippen molar-refractivity contribution in [2.24, 2.45) is 4.99 Å². The molecule has 0 aromatic carbocycles. The third kappa shape index (κ3) is 2.57. The Morgan fingerprint density at radius 3 is 3.06 bits per heavy atom. The first-order chi connectivity index (χ1) is 8.85. The topological polar surface area (TPSA) is 64.2 Å². The SMILES string of the molecule is C=N/C=C(\C=C/C)c1nc(-c2cccnc2)no1. The lowest BCUT2D eigenvalue weighted by Gasteiger charge is -1.91. The summed E-state index contributed by atoms with van der Waals surface area (Å²) in [5.74, 6) is 0.900. The van der Waals surface area contributed by atoms with Gasteiger partial charge < -0.3 is 4.52 Å². The van der Waals surface area contributed by atoms with Crippen molar-refractivity contribution in [3.8, 4) is 11.4 Å². The van der Waals surface area contributed by atoms with Gasteiger partial charge in [-0.15, -0.1) is 0 Å². The summed E-state index contributed by atoms with van der Waals surface area (Å²) >= 11 is 0. The predicted octanol–water partition coefficient (Wildman–Crippen LogP) is 2.75. The van der Waals surface area contributed by atoms with Gasteiger partial charge in [-0.1, -0.05) is 17.3 Å². The molecule has 0 spiro atoms. The third-order valence-corrected chi connectivity index (χ3v) is 2.17. The van der Waals surface area contributed by atoms with Gasteiger partial charge in [0.15, 0.2) is 0 Å². The summed E-state index contributed by atoms with van der Waals surface area (Å²) in [5.41, 5.74) is 1.52. The average molecular weight is 240 g/mol. The van der Waals surface area contributed by atoms with E-state index in [1.807, 2.05) is 31.2 Å². The maximum atomic E-state index is 5.19. The molecule has 2 rings (SSSR count). The maximum Gasteiger partial charge on any atom is 0.259 e. The van der Waals surface area contributed by atoms with Crippen LogP contribution in [0, 0.1) is 0 Å². The van der Waals surface area contributed by atoms with Crippen molar-refractivity contribution in [3.05, 3.63) is 48.8 Å². The highest BCUT2D eigenvalue weighted by molar-refractivity contribution is 5.69. The fourth-order valence-electron chi connectivity index (χ4n) is 1.40. The Labute approximate surface area is 105 Å². The van der Waals surface area contributed by atoms with Gasteiger partial charge in [0.1, 0.15) is 0 Å². The fourth-order valence-corrected chi connectivity index (χ4v) is 1.40. The molecular weight excluding hydrogens is 228 g/mol. The Morgan fingerprint density at radius 2 is 2.39 bits per heavy atom. The molecule has 90 valence electrons. The van der Waals surface area contributed by atoms with Crippen molar-refractivity contribution in [1.82, 2.24) is 15.1 Å². The smallest absolute Gasteiger partial charge is 0.259 e. The Hall–Kier alpha value is -2.56. The second-order valence-electron chi connectivity index (χ2n) is 3.43. The molecule has 0 radical (unpaired) electrons. The van der Waals surface area contributed by atoms with Crippen LogP contribution in [0.4, 0.5) is 0 Å². The molecule has 2 aromatic rings. The molecule has 5 heteroatoms. The van der Waals surface area contributed by atoms with Gasteiger partial charge >= 0.3 is 0 Å². The predicted molar refractivity (Wildman–Crippen MR) is 69.9 cm³/mol. The molecule has 0 bridgehead atoms. The van der Waals surface area contributed by atoms with Crippen LogP contribution in [-0.2, 0) is 0 Å². The van der Waals surface area contributed by atoms with Crippen molar-refractivity contribution in [2.75, 3.05) is 0 Å². The molecule has 0 N–H and O–H groups in total. The van der Waals surface area contributed by atoms with Crippen molar-refractivity contribution in [3.63, 3.8) is 0 Å². The third-order valence-electron chi connectivity index (χ3n) is 2.17. The van der Waals surface area contributed by atoms with Crippen LogP contribution in [0.2, 0.25) is 0 Å². The standard InChI is InChI=1S/C13H12N4O/c1-3-5-11(8-14-2)13-16-12(17-18-13)10-6-4-7-15-9-10/h3-9H,2H2,1H3/b5-3-,11-8+. The van der Waals surface area contributed by atoms with E-state index in [4.69, 9.17) is 4.52 Å². The van der Waals surface area contributed by atoms with Crippen LogP contribution < -0.4 is 0 Å². The van der Waals surface area contributed by atoms with Gasteiger partial charge in [0, 0.05) is 24.2 Å². The number of rotatable bonds is 4. The van der Waals surface area contributed by atoms with E-state index in [-0.39, 0.29) is 0 Å². The molecule has 0 amide bonds. The first-order valence-electron chi connectivity index (χ1n) is 5.38. The highest BCUT2D eigenvalue weighted by Crippen LogP contribution is 2.19. The summed E-state index contributed by atoms with van der Waals surface area (Å²) in [6.07, 6.45) is 8.64. The summed E-state index contributed by atoms with van der Waals surface area (Å²) in [6, 6.07) is 3.69. The lowest BCUT2D eigenvalue weighted by atomic mass is 10.2. The lowest BCUT2D eigenvalue weighted by Crippen LogP contribution is -1.83. The molecular formula is C13H12N4O. The second-order valence-corrected chi connectivity index (χ2v) is 3.43. The van der Waals surface area contributed by atoms with E-state index < -0.39 is 0 Å². The van der Waals surface area contributed by atoms with E-state index in [9.17, 15) is 0 Å². The minimum atomic E-state index is 0.402. The van der Waals surface area contributed by atoms with Gasteiger partial charge in [-0.25, -0.2) is 0 Å². The van der Waals surface area contributed by atoms with Crippen LogP contribution >= 0.6 is 0 Å². The molecule has 2 aromatic heterocycles. The number of hydrogen-bond donors (Lipinski definition) is 0. The van der Waals surface area contributed by atoms with Crippen molar-refractivity contribution >= 4 is 12.3 Å². The van der Waals surface area contributed by atoms with Gasteiger partial charge in [0.05, 0.1) is 5.57 Å². The van der Waals surface area contributed by atoms with Crippen LogP contribution in [-0.4, -0.2) is 21.8 Å². The van der Waals surface area contributed by atoms with Gasteiger partial charge in [-0.3, -0.25) is 9.98 Å². The van der Waals surface area contributed by atoms with Crippen molar-refractivity contribution in [2.45, 2.75) is 6.92 Å². The first-order valence-corrected chi connectivity index (χ1v) is 5.38. The van der Waals surface area contributed by atoms with E-state index in [0.717, 1.165) is 11.1 Å². The molecule has 0 atom stereocenters. The average Bonchev–Trinajstić information content (AvgIpc) is 2.89. The van der Waals surface area contributed by atoms with E-state index in [0.29, 0.717) is 11.7 Å². The molecule has 0 fully saturated rings. The molecule has 18 heavy (non-hydrogen) atoms. The van der Waals surface area contributed by atoms with Crippen molar-refractivity contribution < 1.29 is 4.52 Å². The van der Waals surface area contributed by atoms with Crippen LogP contribution in [0.15, 0.2) is 52.4 Å². The van der Waals surface area contributed by atoms with Gasteiger partial charge in [0.25, 0.3) is 5.89 Å². The molecule has 0 saturated carbocycles. The second kappa shape index (κ2) is 5.67. The highest BCUT2D eigenvalue weighted by atomic mass is 16.5. The number of nitrogens with zero attached hydrogens (tertiary/aromatic N) is 4. The Balaban J connectivity index is 2.36. The number of allylic oxidation sites excluding steroid dienone is 3. The molecule has 0 unspecified atom stereocenters. The molecule has 0 aliphatic rings. The first kappa shape index (κ1) is 11.9. The van der Waals surface area contributed by atoms with Gasteiger partial charge in [-0.2, -0.15) is 4.98 Å². The molecule has 0 saturated heterocycles. The monoisotopic (exact) mass is 240 g/mol. The number of hydrogen-bond acceptors (Lipinski definition) is 5. The molecule has 0 aliphatic heterocycles. The van der Waals surface area contributed by atoms with E-state index in [1.54, 1.807) is 18.6 Å². The summed E-state index contributed by atoms with van der Waals surface area (Å²) in [5, 5.41) is 3.91. The van der Waals surface area contributed by atoms with Crippen molar-refractivity contribution in [1.29, 1.82) is 0 Å². The molecule has 2 heterocycles. The van der Waals surface area contributed by atoms with Crippen LogP contribution in [0.25, 0.3) is 17.0 Å². The van der Waals surface area contributed by atoms with E-state index in [1.165, 1.54) is 0 Å². The highest BCUT2D eigenvalue weighted by Gasteiger charge is 2.10. The van der Waals surface area contributed by atoms with Gasteiger partial charge in [-0.05, 0) is 25.8 Å². The largest absolute Gasteiger partial charge is 0.334 e. The normalized spacial score (nSPS) is 11.9. The Bertz CT molecular complexity index is 584. The minimum absolute atomic E-state index is 0.402. The summed E-state index contributed by atoms with van der Waals surface area (Å²) in [6.45, 7) is 5.31. The zero-order valence-electron chi connectivity index (χ0n) is 9.95. The molecule has 5 nitrogen and oxygen atoms in total. The summed E-state index contributed by atoms with van der Waals surface area (Å²) in [4.78, 5) is 12.0.